The average Bonchev–Trinajstić information content (AvgIpc) is 2.81. The van der Waals surface area contributed by atoms with Gasteiger partial charge in [-0.2, -0.15) is 4.99 Å². The second kappa shape index (κ2) is 9.15. The smallest absolute Gasteiger partial charge is 0.341 e. The third-order valence-corrected chi connectivity index (χ3v) is 4.95. The van der Waals surface area contributed by atoms with Gasteiger partial charge in [0.25, 0.3) is 11.5 Å². The number of esters is 1. The van der Waals surface area contributed by atoms with Crippen LogP contribution < -0.4 is 11.0 Å². The molecule has 0 N–H and O–H groups in total. The first-order valence-corrected chi connectivity index (χ1v) is 10.6. The zero-order valence-corrected chi connectivity index (χ0v) is 18.6. The number of carbonyl (C=O) groups excluding carboxylic acids is 2. The van der Waals surface area contributed by atoms with E-state index >= 15 is 0 Å². The topological polar surface area (TPSA) is 108 Å². The fraction of sp³-hybridized carbons (Fsp3) is 0.250. The van der Waals surface area contributed by atoms with Crippen LogP contribution in [0, 0.1) is 5.92 Å². The summed E-state index contributed by atoms with van der Waals surface area (Å²) in [6.45, 7) is 6.15. The van der Waals surface area contributed by atoms with Crippen molar-refractivity contribution in [1.82, 2.24) is 18.9 Å². The van der Waals surface area contributed by atoms with Gasteiger partial charge < -0.3 is 9.30 Å². The number of amides is 1. The zero-order chi connectivity index (χ0) is 23.5. The van der Waals surface area contributed by atoms with E-state index in [-0.39, 0.29) is 40.1 Å². The first kappa shape index (κ1) is 22.1. The largest absolute Gasteiger partial charge is 0.462 e. The third-order valence-electron chi connectivity index (χ3n) is 4.95. The molecule has 33 heavy (non-hydrogen) atoms. The number of rotatable bonds is 5. The predicted octanol–water partition coefficient (Wildman–Crippen LogP) is 2.62. The molecule has 4 aromatic heterocycles. The Hall–Kier alpha value is -4.14. The Morgan fingerprint density at radius 3 is 2.70 bits per heavy atom. The van der Waals surface area contributed by atoms with Gasteiger partial charge in [-0.15, -0.1) is 0 Å². The Balaban J connectivity index is 2.14. The van der Waals surface area contributed by atoms with E-state index in [1.807, 2.05) is 13.8 Å². The summed E-state index contributed by atoms with van der Waals surface area (Å²) < 4.78 is 8.29. The molecule has 4 heterocycles. The van der Waals surface area contributed by atoms with Crippen LogP contribution in [-0.4, -0.2) is 37.4 Å². The maximum Gasteiger partial charge on any atom is 0.341 e. The van der Waals surface area contributed by atoms with E-state index in [9.17, 15) is 14.4 Å². The van der Waals surface area contributed by atoms with Crippen molar-refractivity contribution in [3.05, 3.63) is 82.0 Å². The Morgan fingerprint density at radius 2 is 2.00 bits per heavy atom. The molecule has 0 spiro atoms. The van der Waals surface area contributed by atoms with Crippen molar-refractivity contribution in [2.24, 2.45) is 10.9 Å². The molecule has 9 heteroatoms. The van der Waals surface area contributed by atoms with Gasteiger partial charge in [0.15, 0.2) is 5.49 Å². The molecule has 4 rings (SSSR count). The second-order valence-electron chi connectivity index (χ2n) is 7.85. The molecule has 9 nitrogen and oxygen atoms in total. The first-order chi connectivity index (χ1) is 15.9. The maximum atomic E-state index is 13.3. The van der Waals surface area contributed by atoms with Gasteiger partial charge in [-0.1, -0.05) is 19.9 Å². The molecular formula is C24H23N5O4. The van der Waals surface area contributed by atoms with Crippen LogP contribution >= 0.6 is 0 Å². The second-order valence-corrected chi connectivity index (χ2v) is 7.85. The minimum atomic E-state index is -0.674. The minimum Gasteiger partial charge on any atom is -0.462 e. The highest BCUT2D eigenvalue weighted by molar-refractivity contribution is 5.97. The van der Waals surface area contributed by atoms with Crippen LogP contribution in [0.2, 0.25) is 0 Å². The van der Waals surface area contributed by atoms with Crippen LogP contribution in [0.5, 0.6) is 0 Å². The molecule has 0 saturated heterocycles. The van der Waals surface area contributed by atoms with E-state index < -0.39 is 11.9 Å². The Labute approximate surface area is 189 Å². The van der Waals surface area contributed by atoms with Crippen LogP contribution in [0.3, 0.4) is 0 Å². The highest BCUT2D eigenvalue weighted by Gasteiger charge is 2.20. The van der Waals surface area contributed by atoms with Crippen molar-refractivity contribution in [2.75, 3.05) is 6.61 Å². The summed E-state index contributed by atoms with van der Waals surface area (Å²) >= 11 is 0. The van der Waals surface area contributed by atoms with Gasteiger partial charge in [0.2, 0.25) is 0 Å². The molecule has 4 aromatic rings. The third kappa shape index (κ3) is 4.30. The van der Waals surface area contributed by atoms with Crippen molar-refractivity contribution in [2.45, 2.75) is 27.3 Å². The molecule has 0 aliphatic heterocycles. The number of nitrogens with zero attached hydrogens (tertiary/aromatic N) is 5. The van der Waals surface area contributed by atoms with Crippen LogP contribution in [0.4, 0.5) is 0 Å². The van der Waals surface area contributed by atoms with Gasteiger partial charge in [0.05, 0.1) is 17.6 Å². The van der Waals surface area contributed by atoms with Crippen molar-refractivity contribution in [3.63, 3.8) is 0 Å². The van der Waals surface area contributed by atoms with Crippen molar-refractivity contribution in [1.29, 1.82) is 0 Å². The summed E-state index contributed by atoms with van der Waals surface area (Å²) in [6, 6.07) is 9.87. The molecule has 0 aliphatic carbocycles. The summed E-state index contributed by atoms with van der Waals surface area (Å²) in [7, 11) is 0. The number of carbonyl (C=O) groups is 2. The maximum absolute atomic E-state index is 13.3. The van der Waals surface area contributed by atoms with Gasteiger partial charge >= 0.3 is 5.97 Å². The number of hydrogen-bond donors (Lipinski definition) is 0. The molecule has 0 bridgehead atoms. The average molecular weight is 445 g/mol. The van der Waals surface area contributed by atoms with E-state index in [0.29, 0.717) is 17.8 Å². The summed E-state index contributed by atoms with van der Waals surface area (Å²) in [5, 5.41) is 0.232. The number of hydrogen-bond acceptors (Lipinski definition) is 6. The number of ether oxygens (including phenoxy) is 1. The molecule has 0 atom stereocenters. The zero-order valence-electron chi connectivity index (χ0n) is 18.6. The van der Waals surface area contributed by atoms with Crippen LogP contribution in [0.25, 0.3) is 16.7 Å². The highest BCUT2D eigenvalue weighted by Crippen LogP contribution is 2.13. The van der Waals surface area contributed by atoms with Crippen LogP contribution in [0.15, 0.2) is 64.8 Å². The number of pyridine rings is 3. The fourth-order valence-electron chi connectivity index (χ4n) is 3.55. The van der Waals surface area contributed by atoms with E-state index in [1.165, 1.54) is 16.7 Å². The normalized spacial score (nSPS) is 11.9. The van der Waals surface area contributed by atoms with Gasteiger partial charge in [-0.3, -0.25) is 19.0 Å². The standard InChI is InChI=1S/C24H23N5O4/c1-4-33-24(32)18-12-17-20(26-19-9-5-6-11-28(19)23(17)31)29(14-15(2)3)21(18)27-22(30)16-8-7-10-25-13-16/h5-13,15H,4,14H2,1-3H3. The van der Waals surface area contributed by atoms with Gasteiger partial charge in [-0.25, -0.2) is 9.78 Å². The van der Waals surface area contributed by atoms with Crippen molar-refractivity contribution >= 4 is 28.6 Å². The molecule has 1 amide bonds. The summed E-state index contributed by atoms with van der Waals surface area (Å²) in [5.74, 6) is -1.13. The quantitative estimate of drug-likeness (QED) is 0.345. The molecule has 0 fully saturated rings. The number of aromatic nitrogens is 4. The van der Waals surface area contributed by atoms with E-state index in [2.05, 4.69) is 15.0 Å². The van der Waals surface area contributed by atoms with Crippen LogP contribution in [0.1, 0.15) is 41.5 Å². The lowest BCUT2D eigenvalue weighted by Gasteiger charge is -2.16. The van der Waals surface area contributed by atoms with Gasteiger partial charge in [-0.05, 0) is 43.2 Å². The number of fused-ring (bicyclic) bond motifs is 2. The lowest BCUT2D eigenvalue weighted by atomic mass is 10.1. The lowest BCUT2D eigenvalue weighted by Crippen LogP contribution is -2.33. The SMILES string of the molecule is CCOC(=O)c1cc2c(=O)n3ccccc3nc2n(CC(C)C)c1=NC(=O)c1cccnc1. The summed E-state index contributed by atoms with van der Waals surface area (Å²) in [6.07, 6.45) is 4.57. The highest BCUT2D eigenvalue weighted by atomic mass is 16.5. The predicted molar refractivity (Wildman–Crippen MR) is 122 cm³/mol. The Morgan fingerprint density at radius 1 is 1.18 bits per heavy atom. The van der Waals surface area contributed by atoms with Crippen molar-refractivity contribution < 1.29 is 14.3 Å². The van der Waals surface area contributed by atoms with Crippen LogP contribution in [-0.2, 0) is 11.3 Å². The Bertz CT molecular complexity index is 1490. The molecule has 0 aromatic carbocycles. The fourth-order valence-corrected chi connectivity index (χ4v) is 3.55. The molecule has 168 valence electrons. The molecule has 0 saturated carbocycles. The Kier molecular flexibility index (Phi) is 6.12. The minimum absolute atomic E-state index is 0.0250. The molecular weight excluding hydrogens is 422 g/mol. The lowest BCUT2D eigenvalue weighted by molar-refractivity contribution is 0.0523. The molecule has 0 radical (unpaired) electrons. The van der Waals surface area contributed by atoms with Crippen molar-refractivity contribution in [3.8, 4) is 0 Å². The summed E-state index contributed by atoms with van der Waals surface area (Å²) in [4.78, 5) is 52.0. The molecule has 0 aliphatic rings. The van der Waals surface area contributed by atoms with E-state index in [0.717, 1.165) is 0 Å². The van der Waals surface area contributed by atoms with Gasteiger partial charge in [0.1, 0.15) is 16.9 Å². The van der Waals surface area contributed by atoms with E-state index in [1.54, 1.807) is 54.2 Å². The first-order valence-electron chi connectivity index (χ1n) is 10.6. The summed E-state index contributed by atoms with van der Waals surface area (Å²) in [5.41, 5.74) is 0.846. The monoisotopic (exact) mass is 445 g/mol. The van der Waals surface area contributed by atoms with E-state index in [4.69, 9.17) is 4.74 Å². The molecule has 0 unspecified atom stereocenters. The van der Waals surface area contributed by atoms with Gasteiger partial charge in [0, 0.05) is 25.1 Å².